The van der Waals surface area contributed by atoms with Gasteiger partial charge in [0.2, 0.25) is 0 Å². The van der Waals surface area contributed by atoms with Gasteiger partial charge in [-0.25, -0.2) is 4.39 Å². The summed E-state index contributed by atoms with van der Waals surface area (Å²) in [6.07, 6.45) is 0.0228. The molecular formula is C16H21FN2O2. The van der Waals surface area contributed by atoms with E-state index in [9.17, 15) is 4.39 Å². The molecule has 1 atom stereocenters. The molecular weight excluding hydrogens is 271 g/mol. The van der Waals surface area contributed by atoms with Gasteiger partial charge in [-0.2, -0.15) is 5.26 Å². The molecule has 0 unspecified atom stereocenters. The van der Waals surface area contributed by atoms with Gasteiger partial charge in [-0.3, -0.25) is 4.90 Å². The molecule has 0 aromatic heterocycles. The second-order valence-electron chi connectivity index (χ2n) is 6.05. The zero-order valence-electron chi connectivity index (χ0n) is 12.7. The summed E-state index contributed by atoms with van der Waals surface area (Å²) >= 11 is 0. The molecule has 0 aliphatic carbocycles. The molecule has 1 aliphatic rings. The van der Waals surface area contributed by atoms with Crippen LogP contribution in [0.3, 0.4) is 0 Å². The average molecular weight is 292 g/mol. The maximum Gasteiger partial charge on any atom is 0.140 e. The molecule has 0 radical (unpaired) electrons. The van der Waals surface area contributed by atoms with E-state index in [1.807, 2.05) is 19.9 Å². The summed E-state index contributed by atoms with van der Waals surface area (Å²) in [5.41, 5.74) is 0.773. The topological polar surface area (TPSA) is 45.5 Å². The number of halogens is 1. The van der Waals surface area contributed by atoms with Crippen LogP contribution >= 0.6 is 0 Å². The fraction of sp³-hybridized carbons (Fsp3) is 0.562. The van der Waals surface area contributed by atoms with Crippen molar-refractivity contribution in [2.75, 3.05) is 26.8 Å². The summed E-state index contributed by atoms with van der Waals surface area (Å²) in [4.78, 5) is 2.25. The van der Waals surface area contributed by atoms with Crippen LogP contribution < -0.4 is 0 Å². The van der Waals surface area contributed by atoms with E-state index in [1.54, 1.807) is 19.2 Å². The first-order valence-electron chi connectivity index (χ1n) is 7.01. The summed E-state index contributed by atoms with van der Waals surface area (Å²) in [5.74, 6) is -0.471. The number of nitriles is 1. The SMILES string of the molecule is COC[C@@H]1CN(Cc2ccc(F)c(C#N)c2)CC(C)(C)O1. The Morgan fingerprint density at radius 1 is 1.52 bits per heavy atom. The van der Waals surface area contributed by atoms with Crippen LogP contribution in [0.5, 0.6) is 0 Å². The van der Waals surface area contributed by atoms with Gasteiger partial charge in [0.25, 0.3) is 0 Å². The van der Waals surface area contributed by atoms with Gasteiger partial charge < -0.3 is 9.47 Å². The zero-order valence-corrected chi connectivity index (χ0v) is 12.7. The number of hydrogen-bond donors (Lipinski definition) is 0. The predicted molar refractivity (Wildman–Crippen MR) is 77.2 cm³/mol. The fourth-order valence-corrected chi connectivity index (χ4v) is 2.82. The number of rotatable bonds is 4. The molecule has 1 saturated heterocycles. The van der Waals surface area contributed by atoms with Crippen LogP contribution in [0.25, 0.3) is 0 Å². The maximum atomic E-state index is 13.4. The monoisotopic (exact) mass is 292 g/mol. The third-order valence-corrected chi connectivity index (χ3v) is 3.46. The van der Waals surface area contributed by atoms with E-state index in [4.69, 9.17) is 14.7 Å². The third kappa shape index (κ3) is 4.24. The van der Waals surface area contributed by atoms with E-state index in [1.165, 1.54) is 6.07 Å². The molecule has 1 heterocycles. The molecule has 0 spiro atoms. The molecule has 1 fully saturated rings. The molecule has 4 nitrogen and oxygen atoms in total. The van der Waals surface area contributed by atoms with Crippen molar-refractivity contribution in [3.63, 3.8) is 0 Å². The fourth-order valence-electron chi connectivity index (χ4n) is 2.82. The molecule has 0 saturated carbocycles. The van der Waals surface area contributed by atoms with E-state index in [-0.39, 0.29) is 17.3 Å². The van der Waals surface area contributed by atoms with E-state index < -0.39 is 5.82 Å². The van der Waals surface area contributed by atoms with Crippen molar-refractivity contribution in [1.29, 1.82) is 5.26 Å². The molecule has 114 valence electrons. The zero-order chi connectivity index (χ0) is 15.5. The van der Waals surface area contributed by atoms with E-state index in [2.05, 4.69) is 4.90 Å². The van der Waals surface area contributed by atoms with Crippen molar-refractivity contribution in [1.82, 2.24) is 4.90 Å². The van der Waals surface area contributed by atoms with E-state index in [0.29, 0.717) is 13.2 Å². The molecule has 0 amide bonds. The standard InChI is InChI=1S/C16H21FN2O2/c1-16(2)11-19(9-14(21-16)10-20-3)8-12-4-5-15(17)13(6-12)7-18/h4-6,14H,8-11H2,1-3H3/t14-/m0/s1. The first-order chi connectivity index (χ1) is 9.93. The van der Waals surface area contributed by atoms with Gasteiger partial charge >= 0.3 is 0 Å². The van der Waals surface area contributed by atoms with Crippen molar-refractivity contribution in [3.8, 4) is 6.07 Å². The van der Waals surface area contributed by atoms with Crippen molar-refractivity contribution < 1.29 is 13.9 Å². The van der Waals surface area contributed by atoms with Crippen LogP contribution in [-0.4, -0.2) is 43.4 Å². The van der Waals surface area contributed by atoms with E-state index >= 15 is 0 Å². The predicted octanol–water partition coefficient (Wildman–Crippen LogP) is 2.32. The minimum absolute atomic E-state index is 0.0228. The Kier molecular flexibility index (Phi) is 4.94. The summed E-state index contributed by atoms with van der Waals surface area (Å²) in [6, 6.07) is 6.57. The lowest BCUT2D eigenvalue weighted by atomic mass is 10.0. The quantitative estimate of drug-likeness (QED) is 0.854. The van der Waals surface area contributed by atoms with Crippen molar-refractivity contribution >= 4 is 0 Å². The van der Waals surface area contributed by atoms with E-state index in [0.717, 1.165) is 18.7 Å². The molecule has 0 N–H and O–H groups in total. The highest BCUT2D eigenvalue weighted by molar-refractivity contribution is 5.34. The number of methoxy groups -OCH3 is 1. The molecule has 5 heteroatoms. The number of nitrogens with zero attached hydrogens (tertiary/aromatic N) is 2. The Morgan fingerprint density at radius 3 is 2.95 bits per heavy atom. The first-order valence-corrected chi connectivity index (χ1v) is 7.01. The van der Waals surface area contributed by atoms with Crippen LogP contribution in [0.15, 0.2) is 18.2 Å². The number of morpholine rings is 1. The highest BCUT2D eigenvalue weighted by Gasteiger charge is 2.33. The second-order valence-corrected chi connectivity index (χ2v) is 6.05. The van der Waals surface area contributed by atoms with Gasteiger partial charge in [0.1, 0.15) is 11.9 Å². The smallest absolute Gasteiger partial charge is 0.140 e. The normalized spacial score (nSPS) is 22.0. The number of ether oxygens (including phenoxy) is 2. The Bertz CT molecular complexity index is 540. The number of hydrogen-bond acceptors (Lipinski definition) is 4. The minimum atomic E-state index is -0.471. The van der Waals surface area contributed by atoms with Crippen LogP contribution in [-0.2, 0) is 16.0 Å². The number of benzene rings is 1. The van der Waals surface area contributed by atoms with Crippen LogP contribution in [0.4, 0.5) is 4.39 Å². The van der Waals surface area contributed by atoms with Crippen molar-refractivity contribution in [2.45, 2.75) is 32.1 Å². The van der Waals surface area contributed by atoms with Gasteiger partial charge in [-0.05, 0) is 31.5 Å². The average Bonchev–Trinajstić information content (AvgIpc) is 2.39. The highest BCUT2D eigenvalue weighted by Crippen LogP contribution is 2.23. The lowest BCUT2D eigenvalue weighted by Crippen LogP contribution is -2.53. The molecule has 0 bridgehead atoms. The Morgan fingerprint density at radius 2 is 2.29 bits per heavy atom. The molecule has 2 rings (SSSR count). The van der Waals surface area contributed by atoms with Gasteiger partial charge in [0.05, 0.1) is 23.9 Å². The first kappa shape index (κ1) is 15.9. The van der Waals surface area contributed by atoms with Gasteiger partial charge in [0.15, 0.2) is 0 Å². The Labute approximate surface area is 125 Å². The lowest BCUT2D eigenvalue weighted by Gasteiger charge is -2.42. The van der Waals surface area contributed by atoms with Crippen molar-refractivity contribution in [2.24, 2.45) is 0 Å². The Balaban J connectivity index is 2.09. The van der Waals surface area contributed by atoms with Gasteiger partial charge in [0, 0.05) is 26.7 Å². The summed E-state index contributed by atoms with van der Waals surface area (Å²) in [6.45, 7) is 6.86. The van der Waals surface area contributed by atoms with Crippen LogP contribution in [0.1, 0.15) is 25.0 Å². The molecule has 1 aromatic rings. The summed E-state index contributed by atoms with van der Waals surface area (Å²) < 4.78 is 24.5. The Hall–Kier alpha value is -1.48. The maximum absolute atomic E-state index is 13.4. The summed E-state index contributed by atoms with van der Waals surface area (Å²) in [7, 11) is 1.66. The lowest BCUT2D eigenvalue weighted by molar-refractivity contribution is -0.154. The third-order valence-electron chi connectivity index (χ3n) is 3.46. The largest absolute Gasteiger partial charge is 0.382 e. The van der Waals surface area contributed by atoms with Crippen LogP contribution in [0, 0.1) is 17.1 Å². The molecule has 21 heavy (non-hydrogen) atoms. The second kappa shape index (κ2) is 6.52. The molecule has 1 aliphatic heterocycles. The van der Waals surface area contributed by atoms with Crippen molar-refractivity contribution in [3.05, 3.63) is 35.1 Å². The highest BCUT2D eigenvalue weighted by atomic mass is 19.1. The van der Waals surface area contributed by atoms with Crippen LogP contribution in [0.2, 0.25) is 0 Å². The minimum Gasteiger partial charge on any atom is -0.382 e. The van der Waals surface area contributed by atoms with Gasteiger partial charge in [-0.15, -0.1) is 0 Å². The van der Waals surface area contributed by atoms with Gasteiger partial charge in [-0.1, -0.05) is 6.07 Å². The summed E-state index contributed by atoms with van der Waals surface area (Å²) in [5, 5.41) is 8.90. The molecule has 1 aromatic carbocycles.